The molecule has 1 heterocycles. The first-order valence-electron chi connectivity index (χ1n) is 4.78. The molecule has 0 atom stereocenters. The van der Waals surface area contributed by atoms with E-state index in [1.807, 2.05) is 0 Å². The number of nitrogens with zero attached hydrogens (tertiary/aromatic N) is 4. The summed E-state index contributed by atoms with van der Waals surface area (Å²) >= 11 is 0. The number of aryl methyl sites for hydroxylation is 1. The molecule has 0 unspecified atom stereocenters. The van der Waals surface area contributed by atoms with E-state index in [-0.39, 0.29) is 17.8 Å². The molecule has 7 heteroatoms. The second-order valence-electron chi connectivity index (χ2n) is 3.40. The van der Waals surface area contributed by atoms with Crippen LogP contribution in [0.1, 0.15) is 16.2 Å². The highest BCUT2D eigenvalue weighted by Crippen LogP contribution is 2.13. The first-order chi connectivity index (χ1) is 8.08. The van der Waals surface area contributed by atoms with Gasteiger partial charge < -0.3 is 0 Å². The Morgan fingerprint density at radius 1 is 1.41 bits per heavy atom. The third-order valence-electron chi connectivity index (χ3n) is 2.12. The van der Waals surface area contributed by atoms with Crippen LogP contribution in [-0.4, -0.2) is 26.0 Å². The van der Waals surface area contributed by atoms with Crippen molar-refractivity contribution in [3.63, 3.8) is 0 Å². The average molecular weight is 238 g/mol. The van der Waals surface area contributed by atoms with Gasteiger partial charge >= 0.3 is 0 Å². The minimum Gasteiger partial charge on any atom is -0.294 e. The van der Waals surface area contributed by atoms with E-state index < -0.39 is 17.4 Å². The molecular weight excluding hydrogens is 230 g/mol. The number of hydrogen-bond donors (Lipinski definition) is 0. The van der Waals surface area contributed by atoms with E-state index in [1.165, 1.54) is 16.9 Å². The maximum absolute atomic E-state index is 13.3. The third-order valence-corrected chi connectivity index (χ3v) is 2.12. The minimum absolute atomic E-state index is 0.168. The van der Waals surface area contributed by atoms with Crippen LogP contribution in [0.3, 0.4) is 0 Å². The lowest BCUT2D eigenvalue weighted by atomic mass is 10.1. The molecule has 0 radical (unpaired) electrons. The van der Waals surface area contributed by atoms with E-state index in [1.54, 1.807) is 7.05 Å². The molecule has 88 valence electrons. The summed E-state index contributed by atoms with van der Waals surface area (Å²) in [5, 5.41) is 10.9. The number of carbonyl (C=O) groups is 1. The molecule has 0 saturated carbocycles. The van der Waals surface area contributed by atoms with Crippen LogP contribution in [-0.2, 0) is 13.5 Å². The third kappa shape index (κ3) is 2.32. The number of halogens is 2. The Labute approximate surface area is 95.1 Å². The lowest BCUT2D eigenvalue weighted by Crippen LogP contribution is -2.09. The zero-order chi connectivity index (χ0) is 12.4. The quantitative estimate of drug-likeness (QED) is 0.746. The van der Waals surface area contributed by atoms with Gasteiger partial charge in [0.1, 0.15) is 0 Å². The minimum atomic E-state index is -1.15. The van der Waals surface area contributed by atoms with E-state index in [2.05, 4.69) is 15.4 Å². The van der Waals surface area contributed by atoms with Crippen molar-refractivity contribution in [2.75, 3.05) is 0 Å². The number of ketones is 1. The highest BCUT2D eigenvalue weighted by molar-refractivity contribution is 5.97. The van der Waals surface area contributed by atoms with Crippen molar-refractivity contribution in [1.29, 1.82) is 0 Å². The normalized spacial score (nSPS) is 10.5. The van der Waals surface area contributed by atoms with Crippen molar-refractivity contribution in [1.82, 2.24) is 20.2 Å². The number of aromatic nitrogens is 4. The first kappa shape index (κ1) is 11.3. The standard InChI is InChI=1S/C10H8F2N4O/c1-16-14-9(13-15-16)5-8(17)6-3-2-4-7(11)10(6)12/h2-4H,5H2,1H3. The van der Waals surface area contributed by atoms with Gasteiger partial charge in [0.15, 0.2) is 23.2 Å². The molecule has 0 N–H and O–H groups in total. The molecule has 5 nitrogen and oxygen atoms in total. The van der Waals surface area contributed by atoms with Crippen molar-refractivity contribution < 1.29 is 13.6 Å². The topological polar surface area (TPSA) is 60.7 Å². The average Bonchev–Trinajstić information content (AvgIpc) is 2.68. The number of rotatable bonds is 3. The molecule has 1 aromatic heterocycles. The predicted octanol–water partition coefficient (Wildman–Crippen LogP) is 0.914. The number of tetrazole rings is 1. The fourth-order valence-electron chi connectivity index (χ4n) is 1.35. The molecule has 1 aromatic carbocycles. The molecule has 17 heavy (non-hydrogen) atoms. The van der Waals surface area contributed by atoms with Crippen molar-refractivity contribution in [2.24, 2.45) is 7.05 Å². The zero-order valence-electron chi connectivity index (χ0n) is 8.89. The zero-order valence-corrected chi connectivity index (χ0v) is 8.89. The molecule has 2 rings (SSSR count). The summed E-state index contributed by atoms with van der Waals surface area (Å²) in [6.45, 7) is 0. The summed E-state index contributed by atoms with van der Waals surface area (Å²) in [4.78, 5) is 12.9. The van der Waals surface area contributed by atoms with Crippen LogP contribution in [0.4, 0.5) is 8.78 Å². The van der Waals surface area contributed by atoms with Crippen LogP contribution in [0.25, 0.3) is 0 Å². The summed E-state index contributed by atoms with van der Waals surface area (Å²) in [6, 6.07) is 3.44. The molecule has 0 aliphatic heterocycles. The Morgan fingerprint density at radius 3 is 2.82 bits per heavy atom. The fourth-order valence-corrected chi connectivity index (χ4v) is 1.35. The SMILES string of the molecule is Cn1nnc(CC(=O)c2cccc(F)c2F)n1. The predicted molar refractivity (Wildman–Crippen MR) is 53.2 cm³/mol. The van der Waals surface area contributed by atoms with E-state index in [0.29, 0.717) is 0 Å². The van der Waals surface area contributed by atoms with Gasteiger partial charge in [-0.1, -0.05) is 6.07 Å². The molecule has 0 fully saturated rings. The lowest BCUT2D eigenvalue weighted by Gasteiger charge is -2.00. The summed E-state index contributed by atoms with van der Waals surface area (Å²) in [5.41, 5.74) is -0.308. The Kier molecular flexibility index (Phi) is 2.90. The monoisotopic (exact) mass is 238 g/mol. The van der Waals surface area contributed by atoms with E-state index in [4.69, 9.17) is 0 Å². The maximum Gasteiger partial charge on any atom is 0.182 e. The fraction of sp³-hybridized carbons (Fsp3) is 0.200. The van der Waals surface area contributed by atoms with Gasteiger partial charge in [0.25, 0.3) is 0 Å². The molecule has 0 saturated heterocycles. The summed E-state index contributed by atoms with van der Waals surface area (Å²) < 4.78 is 26.2. The lowest BCUT2D eigenvalue weighted by molar-refractivity contribution is 0.0986. The van der Waals surface area contributed by atoms with E-state index in [0.717, 1.165) is 6.07 Å². The number of Topliss-reactive ketones (excluding diaryl/α,β-unsaturated/α-hetero) is 1. The van der Waals surface area contributed by atoms with Gasteiger partial charge in [0.05, 0.1) is 19.0 Å². The second-order valence-corrected chi connectivity index (χ2v) is 3.40. The van der Waals surface area contributed by atoms with Crippen LogP contribution >= 0.6 is 0 Å². The number of benzene rings is 1. The van der Waals surface area contributed by atoms with E-state index in [9.17, 15) is 13.6 Å². The smallest absolute Gasteiger partial charge is 0.182 e. The van der Waals surface area contributed by atoms with Crippen molar-refractivity contribution in [3.05, 3.63) is 41.2 Å². The van der Waals surface area contributed by atoms with Crippen molar-refractivity contribution >= 4 is 5.78 Å². The Morgan fingerprint density at radius 2 is 2.18 bits per heavy atom. The van der Waals surface area contributed by atoms with Crippen molar-refractivity contribution in [2.45, 2.75) is 6.42 Å². The van der Waals surface area contributed by atoms with Gasteiger partial charge in [-0.25, -0.2) is 8.78 Å². The molecular formula is C10H8F2N4O. The van der Waals surface area contributed by atoms with Crippen LogP contribution in [0.2, 0.25) is 0 Å². The molecule has 2 aromatic rings. The Balaban J connectivity index is 2.23. The number of carbonyl (C=O) groups excluding carboxylic acids is 1. The molecule has 0 aliphatic rings. The van der Waals surface area contributed by atoms with Gasteiger partial charge in [-0.15, -0.1) is 10.2 Å². The summed E-state index contributed by atoms with van der Waals surface area (Å²) in [6.07, 6.45) is -0.214. The van der Waals surface area contributed by atoms with Crippen LogP contribution in [0, 0.1) is 11.6 Å². The molecule has 0 bridgehead atoms. The largest absolute Gasteiger partial charge is 0.294 e. The maximum atomic E-state index is 13.3. The summed E-state index contributed by atoms with van der Waals surface area (Å²) in [5.74, 6) is -2.62. The summed E-state index contributed by atoms with van der Waals surface area (Å²) in [7, 11) is 1.55. The second kappa shape index (κ2) is 4.36. The van der Waals surface area contributed by atoms with Gasteiger partial charge in [-0.3, -0.25) is 4.79 Å². The van der Waals surface area contributed by atoms with Gasteiger partial charge in [0, 0.05) is 0 Å². The number of hydrogen-bond acceptors (Lipinski definition) is 4. The van der Waals surface area contributed by atoms with Crippen LogP contribution < -0.4 is 0 Å². The molecule has 0 amide bonds. The van der Waals surface area contributed by atoms with Crippen LogP contribution in [0.15, 0.2) is 18.2 Å². The Hall–Kier alpha value is -2.18. The van der Waals surface area contributed by atoms with Gasteiger partial charge in [-0.2, -0.15) is 4.80 Å². The highest BCUT2D eigenvalue weighted by Gasteiger charge is 2.17. The van der Waals surface area contributed by atoms with E-state index >= 15 is 0 Å². The van der Waals surface area contributed by atoms with Crippen LogP contribution in [0.5, 0.6) is 0 Å². The first-order valence-corrected chi connectivity index (χ1v) is 4.78. The van der Waals surface area contributed by atoms with Gasteiger partial charge in [-0.05, 0) is 17.3 Å². The highest BCUT2D eigenvalue weighted by atomic mass is 19.2. The molecule has 0 spiro atoms. The van der Waals surface area contributed by atoms with Crippen molar-refractivity contribution in [3.8, 4) is 0 Å². The molecule has 0 aliphatic carbocycles. The Bertz CT molecular complexity index is 567. The van der Waals surface area contributed by atoms with Gasteiger partial charge in [0.2, 0.25) is 0 Å².